The molecule has 3 heterocycles. The zero-order valence-corrected chi connectivity index (χ0v) is 19.6. The van der Waals surface area contributed by atoms with Gasteiger partial charge in [0.05, 0.1) is 27.4 Å². The van der Waals surface area contributed by atoms with Crippen LogP contribution in [0.5, 0.6) is 11.5 Å². The average Bonchev–Trinajstić information content (AvgIpc) is 3.49. The molecule has 1 aliphatic heterocycles. The van der Waals surface area contributed by atoms with Gasteiger partial charge in [-0.1, -0.05) is 11.3 Å². The minimum atomic E-state index is -0.156. The fourth-order valence-electron chi connectivity index (χ4n) is 3.74. The Bertz CT molecular complexity index is 1020. The Morgan fingerprint density at radius 3 is 2.62 bits per heavy atom. The normalized spacial score (nSPS) is 14.6. The highest BCUT2D eigenvalue weighted by molar-refractivity contribution is 7.22. The molecule has 9 nitrogen and oxygen atoms in total. The molecule has 1 fully saturated rings. The Hall–Kier alpha value is -2.69. The van der Waals surface area contributed by atoms with Crippen molar-refractivity contribution < 1.29 is 19.0 Å². The lowest BCUT2D eigenvalue weighted by atomic mass is 10.3. The molecule has 0 aliphatic carbocycles. The van der Waals surface area contributed by atoms with E-state index in [0.717, 1.165) is 44.0 Å². The maximum absolute atomic E-state index is 13.5. The van der Waals surface area contributed by atoms with E-state index in [-0.39, 0.29) is 5.91 Å². The van der Waals surface area contributed by atoms with Crippen LogP contribution >= 0.6 is 11.3 Å². The van der Waals surface area contributed by atoms with Crippen molar-refractivity contribution in [2.75, 3.05) is 58.5 Å². The molecule has 172 valence electrons. The molecule has 1 amide bonds. The van der Waals surface area contributed by atoms with Crippen molar-refractivity contribution >= 4 is 32.6 Å². The maximum atomic E-state index is 13.5. The number of hydrogen-bond acceptors (Lipinski definition) is 8. The van der Waals surface area contributed by atoms with Crippen LogP contribution in [0.15, 0.2) is 24.4 Å². The highest BCUT2D eigenvalue weighted by Gasteiger charge is 2.25. The number of benzene rings is 1. The monoisotopic (exact) mass is 459 g/mol. The van der Waals surface area contributed by atoms with E-state index in [1.54, 1.807) is 29.9 Å². The lowest BCUT2D eigenvalue weighted by molar-refractivity contribution is 0.0376. The molecule has 1 aromatic carbocycles. The van der Waals surface area contributed by atoms with E-state index in [1.165, 1.54) is 11.3 Å². The van der Waals surface area contributed by atoms with Gasteiger partial charge in [-0.05, 0) is 31.5 Å². The predicted octanol–water partition coefficient (Wildman–Crippen LogP) is 2.90. The van der Waals surface area contributed by atoms with Gasteiger partial charge in [-0.15, -0.1) is 0 Å². The van der Waals surface area contributed by atoms with Gasteiger partial charge < -0.3 is 14.2 Å². The van der Waals surface area contributed by atoms with Gasteiger partial charge >= 0.3 is 0 Å². The highest BCUT2D eigenvalue weighted by Crippen LogP contribution is 2.40. The number of nitrogens with zero attached hydrogens (tertiary/aromatic N) is 5. The van der Waals surface area contributed by atoms with Crippen molar-refractivity contribution in [3.8, 4) is 11.5 Å². The molecule has 32 heavy (non-hydrogen) atoms. The quantitative estimate of drug-likeness (QED) is 0.487. The summed E-state index contributed by atoms with van der Waals surface area (Å²) in [7, 11) is 3.24. The lowest BCUT2D eigenvalue weighted by Crippen LogP contribution is -2.39. The summed E-state index contributed by atoms with van der Waals surface area (Å²) in [5.74, 6) is 1.20. The lowest BCUT2D eigenvalue weighted by Gasteiger charge is -2.27. The van der Waals surface area contributed by atoms with E-state index < -0.39 is 0 Å². The summed E-state index contributed by atoms with van der Waals surface area (Å²) in [5.41, 5.74) is 1.10. The topological polar surface area (TPSA) is 82.0 Å². The molecule has 0 atom stereocenters. The van der Waals surface area contributed by atoms with Gasteiger partial charge in [0.1, 0.15) is 21.7 Å². The van der Waals surface area contributed by atoms with Crippen molar-refractivity contribution in [1.29, 1.82) is 0 Å². The summed E-state index contributed by atoms with van der Waals surface area (Å²) < 4.78 is 19.1. The smallest absolute Gasteiger partial charge is 0.280 e. The third-order valence-corrected chi connectivity index (χ3v) is 6.61. The number of hydrogen-bond donors (Lipinski definition) is 0. The van der Waals surface area contributed by atoms with Crippen molar-refractivity contribution in [1.82, 2.24) is 19.7 Å². The molecular weight excluding hydrogens is 430 g/mol. The number of methoxy groups -OCH3 is 2. The van der Waals surface area contributed by atoms with E-state index in [0.29, 0.717) is 40.9 Å². The van der Waals surface area contributed by atoms with Gasteiger partial charge in [-0.25, -0.2) is 4.98 Å². The second-order valence-electron chi connectivity index (χ2n) is 7.47. The fraction of sp³-hybridized carbons (Fsp3) is 0.500. The predicted molar refractivity (Wildman–Crippen MR) is 124 cm³/mol. The maximum Gasteiger partial charge on any atom is 0.280 e. The van der Waals surface area contributed by atoms with Crippen LogP contribution in [0, 0.1) is 0 Å². The first-order valence-electron chi connectivity index (χ1n) is 10.8. The van der Waals surface area contributed by atoms with E-state index in [1.807, 2.05) is 25.3 Å². The van der Waals surface area contributed by atoms with Crippen LogP contribution in [-0.2, 0) is 11.3 Å². The van der Waals surface area contributed by atoms with Crippen LogP contribution < -0.4 is 14.4 Å². The van der Waals surface area contributed by atoms with Crippen LogP contribution in [0.3, 0.4) is 0 Å². The largest absolute Gasteiger partial charge is 0.495 e. The minimum Gasteiger partial charge on any atom is -0.495 e. The zero-order valence-electron chi connectivity index (χ0n) is 18.7. The Labute approximate surface area is 191 Å². The van der Waals surface area contributed by atoms with Crippen LogP contribution in [0.2, 0.25) is 0 Å². The van der Waals surface area contributed by atoms with E-state index in [2.05, 4.69) is 10.00 Å². The van der Waals surface area contributed by atoms with Crippen molar-refractivity contribution in [2.24, 2.45) is 0 Å². The van der Waals surface area contributed by atoms with Crippen molar-refractivity contribution in [3.05, 3.63) is 30.1 Å². The van der Waals surface area contributed by atoms with Gasteiger partial charge in [0, 0.05) is 38.9 Å². The van der Waals surface area contributed by atoms with Crippen LogP contribution in [0.25, 0.3) is 10.2 Å². The van der Waals surface area contributed by atoms with E-state index in [9.17, 15) is 4.79 Å². The van der Waals surface area contributed by atoms with Gasteiger partial charge in [0.2, 0.25) is 0 Å². The molecule has 1 saturated heterocycles. The number of thiazole rings is 1. The zero-order chi connectivity index (χ0) is 22.5. The minimum absolute atomic E-state index is 0.156. The van der Waals surface area contributed by atoms with Gasteiger partial charge in [-0.3, -0.25) is 19.3 Å². The number of aryl methyl sites for hydroxylation is 1. The fourth-order valence-corrected chi connectivity index (χ4v) is 4.84. The summed E-state index contributed by atoms with van der Waals surface area (Å²) >= 11 is 1.43. The molecule has 0 spiro atoms. The van der Waals surface area contributed by atoms with Crippen molar-refractivity contribution in [2.45, 2.75) is 19.9 Å². The number of amides is 1. The first kappa shape index (κ1) is 22.5. The number of anilines is 1. The summed E-state index contributed by atoms with van der Waals surface area (Å²) in [5, 5.41) is 5.03. The molecule has 10 heteroatoms. The Balaban J connectivity index is 1.63. The van der Waals surface area contributed by atoms with Crippen molar-refractivity contribution in [3.63, 3.8) is 0 Å². The number of carbonyl (C=O) groups is 1. The van der Waals surface area contributed by atoms with E-state index in [4.69, 9.17) is 19.2 Å². The first-order valence-corrected chi connectivity index (χ1v) is 11.6. The number of ether oxygens (including phenoxy) is 3. The molecule has 0 bridgehead atoms. The summed E-state index contributed by atoms with van der Waals surface area (Å²) in [6.45, 7) is 7.50. The summed E-state index contributed by atoms with van der Waals surface area (Å²) in [4.78, 5) is 22.3. The SMILES string of the molecule is CCn1ccc(C(=O)N(CCCN2CCOCC2)c2nc3c(OC)ccc(OC)c3s2)n1. The Kier molecular flexibility index (Phi) is 7.23. The molecule has 0 radical (unpaired) electrons. The Morgan fingerprint density at radius 1 is 1.19 bits per heavy atom. The Morgan fingerprint density at radius 2 is 1.94 bits per heavy atom. The molecule has 2 aromatic heterocycles. The summed E-state index contributed by atoms with van der Waals surface area (Å²) in [6.07, 6.45) is 2.65. The number of morpholine rings is 1. The van der Waals surface area contributed by atoms with Crippen LogP contribution in [0.4, 0.5) is 5.13 Å². The number of carbonyl (C=O) groups excluding carboxylic acids is 1. The third-order valence-electron chi connectivity index (χ3n) is 5.52. The number of rotatable bonds is 9. The standard InChI is InChI=1S/C22H29N5O4S/c1-4-26-11-8-16(24-26)21(28)27(10-5-9-25-12-14-31-15-13-25)22-23-19-17(29-2)6-7-18(30-3)20(19)32-22/h6-8,11H,4-5,9-10,12-15H2,1-3H3. The van der Waals surface area contributed by atoms with Gasteiger partial charge in [0.25, 0.3) is 5.91 Å². The van der Waals surface area contributed by atoms with Crippen LogP contribution in [-0.4, -0.2) is 79.2 Å². The highest BCUT2D eigenvalue weighted by atomic mass is 32.1. The first-order chi connectivity index (χ1) is 15.6. The molecule has 0 N–H and O–H groups in total. The van der Waals surface area contributed by atoms with Gasteiger partial charge in [0.15, 0.2) is 10.8 Å². The molecular formula is C22H29N5O4S. The van der Waals surface area contributed by atoms with Crippen LogP contribution in [0.1, 0.15) is 23.8 Å². The second kappa shape index (κ2) is 10.3. The molecule has 4 rings (SSSR count). The number of aromatic nitrogens is 3. The molecule has 0 unspecified atom stereocenters. The third kappa shape index (κ3) is 4.72. The molecule has 3 aromatic rings. The molecule has 0 saturated carbocycles. The number of fused-ring (bicyclic) bond motifs is 1. The van der Waals surface area contributed by atoms with E-state index >= 15 is 0 Å². The summed E-state index contributed by atoms with van der Waals surface area (Å²) in [6, 6.07) is 5.45. The molecule has 1 aliphatic rings. The van der Waals surface area contributed by atoms with Gasteiger partial charge in [-0.2, -0.15) is 5.10 Å². The second-order valence-corrected chi connectivity index (χ2v) is 8.44. The average molecular weight is 460 g/mol.